The Bertz CT molecular complexity index is 717. The summed E-state index contributed by atoms with van der Waals surface area (Å²) in [7, 11) is 0. The Morgan fingerprint density at radius 3 is 2.32 bits per heavy atom. The topological polar surface area (TPSA) is 34.1 Å². The molecule has 0 aliphatic heterocycles. The number of aromatic nitrogens is 1. The van der Waals surface area contributed by atoms with Crippen molar-refractivity contribution in [2.24, 2.45) is 5.92 Å². The molecule has 0 radical (unpaired) electrons. The molecule has 5 heteroatoms. The highest BCUT2D eigenvalue weighted by atomic mass is 19.1. The van der Waals surface area contributed by atoms with E-state index in [0.717, 1.165) is 0 Å². The molecule has 0 spiro atoms. The predicted octanol–water partition coefficient (Wildman–Crippen LogP) is 4.95. The van der Waals surface area contributed by atoms with Gasteiger partial charge in [-0.05, 0) is 57.0 Å². The average Bonchev–Trinajstić information content (AvgIpc) is 2.55. The highest BCUT2D eigenvalue weighted by Crippen LogP contribution is 2.26. The number of halogens is 2. The van der Waals surface area contributed by atoms with Crippen LogP contribution in [0.1, 0.15) is 40.3 Å². The Balaban J connectivity index is 2.22. The largest absolute Gasteiger partial charge is 0.488 e. The van der Waals surface area contributed by atoms with Crippen molar-refractivity contribution in [2.45, 2.75) is 53.3 Å². The summed E-state index contributed by atoms with van der Waals surface area (Å²) in [5, 5.41) is 3.26. The molecule has 0 bridgehead atoms. The van der Waals surface area contributed by atoms with Crippen molar-refractivity contribution >= 4 is 0 Å². The van der Waals surface area contributed by atoms with Gasteiger partial charge in [0.15, 0.2) is 11.6 Å². The van der Waals surface area contributed by atoms with Crippen LogP contribution in [0.15, 0.2) is 30.3 Å². The molecule has 2 aromatic rings. The molecule has 1 heterocycles. The van der Waals surface area contributed by atoms with Crippen LogP contribution in [0, 0.1) is 17.6 Å². The Labute approximate surface area is 148 Å². The van der Waals surface area contributed by atoms with Gasteiger partial charge in [0.2, 0.25) is 0 Å². The molecule has 25 heavy (non-hydrogen) atoms. The number of pyridine rings is 1. The minimum Gasteiger partial charge on any atom is -0.488 e. The van der Waals surface area contributed by atoms with Crippen LogP contribution < -0.4 is 10.1 Å². The van der Waals surface area contributed by atoms with E-state index in [4.69, 9.17) is 4.74 Å². The maximum atomic E-state index is 14.2. The number of benzene rings is 1. The van der Waals surface area contributed by atoms with Crippen LogP contribution >= 0.6 is 0 Å². The second-order valence-electron chi connectivity index (χ2n) is 6.85. The summed E-state index contributed by atoms with van der Waals surface area (Å²) < 4.78 is 33.6. The highest BCUT2D eigenvalue weighted by Gasteiger charge is 2.13. The molecule has 0 fully saturated rings. The fourth-order valence-electron chi connectivity index (χ4n) is 2.27. The maximum absolute atomic E-state index is 14.2. The Morgan fingerprint density at radius 2 is 1.72 bits per heavy atom. The molecule has 0 aliphatic carbocycles. The van der Waals surface area contributed by atoms with Crippen LogP contribution in [-0.2, 0) is 6.54 Å². The maximum Gasteiger partial charge on any atom is 0.165 e. The van der Waals surface area contributed by atoms with Crippen molar-refractivity contribution < 1.29 is 13.5 Å². The van der Waals surface area contributed by atoms with Crippen LogP contribution in [0.25, 0.3) is 11.3 Å². The van der Waals surface area contributed by atoms with Crippen LogP contribution in [0.2, 0.25) is 0 Å². The summed E-state index contributed by atoms with van der Waals surface area (Å²) in [6, 6.07) is 7.85. The summed E-state index contributed by atoms with van der Waals surface area (Å²) in [6.45, 7) is 10.3. The fourth-order valence-corrected chi connectivity index (χ4v) is 2.27. The van der Waals surface area contributed by atoms with E-state index in [0.29, 0.717) is 29.4 Å². The van der Waals surface area contributed by atoms with Crippen molar-refractivity contribution in [2.75, 3.05) is 0 Å². The van der Waals surface area contributed by atoms with Gasteiger partial charge in [-0.3, -0.25) is 0 Å². The molecule has 3 nitrogen and oxygen atoms in total. The van der Waals surface area contributed by atoms with Crippen molar-refractivity contribution in [3.63, 3.8) is 0 Å². The minimum atomic E-state index is -0.453. The molecule has 2 rings (SSSR count). The van der Waals surface area contributed by atoms with Gasteiger partial charge in [0.1, 0.15) is 5.82 Å². The molecule has 1 N–H and O–H groups in total. The first-order valence-electron chi connectivity index (χ1n) is 8.63. The average molecular weight is 348 g/mol. The first kappa shape index (κ1) is 19.3. The molecule has 1 aromatic carbocycles. The van der Waals surface area contributed by atoms with Gasteiger partial charge >= 0.3 is 0 Å². The van der Waals surface area contributed by atoms with E-state index in [-0.39, 0.29) is 23.7 Å². The van der Waals surface area contributed by atoms with Crippen molar-refractivity contribution in [1.29, 1.82) is 0 Å². The standard InChI is InChI=1S/C20H26F2N2O/c1-12(2)14(5)23-11-19-16(21)7-8-18(24-19)15-6-9-20(17(22)10-15)25-13(3)4/h6-10,12-14,23H,11H2,1-5H3/t14-/m1/s1. The zero-order valence-corrected chi connectivity index (χ0v) is 15.4. The molecule has 0 unspecified atom stereocenters. The van der Waals surface area contributed by atoms with Gasteiger partial charge < -0.3 is 10.1 Å². The zero-order chi connectivity index (χ0) is 18.6. The first-order chi connectivity index (χ1) is 11.8. The summed E-state index contributed by atoms with van der Waals surface area (Å²) in [5.74, 6) is -0.180. The van der Waals surface area contributed by atoms with Crippen molar-refractivity contribution in [3.05, 3.63) is 47.7 Å². The molecule has 1 aromatic heterocycles. The van der Waals surface area contributed by atoms with Gasteiger partial charge in [-0.2, -0.15) is 0 Å². The number of nitrogens with zero attached hydrogens (tertiary/aromatic N) is 1. The highest BCUT2D eigenvalue weighted by molar-refractivity contribution is 5.60. The lowest BCUT2D eigenvalue weighted by Gasteiger charge is -2.17. The lowest BCUT2D eigenvalue weighted by atomic mass is 10.1. The lowest BCUT2D eigenvalue weighted by molar-refractivity contribution is 0.231. The molecular formula is C20H26F2N2O. The van der Waals surface area contributed by atoms with E-state index < -0.39 is 5.82 Å². The normalized spacial score (nSPS) is 12.7. The minimum absolute atomic E-state index is 0.107. The van der Waals surface area contributed by atoms with Crippen LogP contribution in [0.3, 0.4) is 0 Å². The van der Waals surface area contributed by atoms with E-state index in [2.05, 4.69) is 31.1 Å². The molecule has 0 saturated carbocycles. The molecule has 0 aliphatic rings. The monoisotopic (exact) mass is 348 g/mol. The van der Waals surface area contributed by atoms with E-state index >= 15 is 0 Å². The number of ether oxygens (including phenoxy) is 1. The van der Waals surface area contributed by atoms with Crippen LogP contribution in [-0.4, -0.2) is 17.1 Å². The Hall–Kier alpha value is -2.01. The van der Waals surface area contributed by atoms with Gasteiger partial charge in [-0.15, -0.1) is 0 Å². The third-order valence-corrected chi connectivity index (χ3v) is 4.10. The van der Waals surface area contributed by atoms with Crippen LogP contribution in [0.5, 0.6) is 5.75 Å². The number of rotatable bonds is 7. The summed E-state index contributed by atoms with van der Waals surface area (Å²) >= 11 is 0. The van der Waals surface area contributed by atoms with Gasteiger partial charge in [0.05, 0.1) is 17.5 Å². The third kappa shape index (κ3) is 5.23. The SMILES string of the molecule is CC(C)Oc1ccc(-c2ccc(F)c(CN[C@H](C)C(C)C)n2)cc1F. The quantitative estimate of drug-likeness (QED) is 0.769. The summed E-state index contributed by atoms with van der Waals surface area (Å²) in [6.07, 6.45) is -0.107. The molecule has 136 valence electrons. The molecule has 1 atom stereocenters. The fraction of sp³-hybridized carbons (Fsp3) is 0.450. The van der Waals surface area contributed by atoms with E-state index in [9.17, 15) is 8.78 Å². The van der Waals surface area contributed by atoms with Gasteiger partial charge in [0, 0.05) is 18.2 Å². The Kier molecular flexibility index (Phi) is 6.48. The van der Waals surface area contributed by atoms with E-state index in [1.165, 1.54) is 12.1 Å². The number of hydrogen-bond donors (Lipinski definition) is 1. The number of hydrogen-bond acceptors (Lipinski definition) is 3. The van der Waals surface area contributed by atoms with Gasteiger partial charge in [-0.1, -0.05) is 13.8 Å². The Morgan fingerprint density at radius 1 is 1.00 bits per heavy atom. The zero-order valence-electron chi connectivity index (χ0n) is 15.4. The van der Waals surface area contributed by atoms with Crippen LogP contribution in [0.4, 0.5) is 8.78 Å². The predicted molar refractivity (Wildman–Crippen MR) is 96.5 cm³/mol. The number of nitrogens with one attached hydrogen (secondary N) is 1. The van der Waals surface area contributed by atoms with Gasteiger partial charge in [0.25, 0.3) is 0 Å². The summed E-state index contributed by atoms with van der Waals surface area (Å²) in [4.78, 5) is 4.36. The van der Waals surface area contributed by atoms with Gasteiger partial charge in [-0.25, -0.2) is 13.8 Å². The lowest BCUT2D eigenvalue weighted by Crippen LogP contribution is -2.30. The second kappa shape index (κ2) is 8.39. The summed E-state index contributed by atoms with van der Waals surface area (Å²) in [5.41, 5.74) is 1.45. The molecule has 0 saturated heterocycles. The smallest absolute Gasteiger partial charge is 0.165 e. The first-order valence-corrected chi connectivity index (χ1v) is 8.63. The third-order valence-electron chi connectivity index (χ3n) is 4.10. The second-order valence-corrected chi connectivity index (χ2v) is 6.85. The van der Waals surface area contributed by atoms with Crippen molar-refractivity contribution in [1.82, 2.24) is 10.3 Å². The van der Waals surface area contributed by atoms with E-state index in [1.807, 2.05) is 13.8 Å². The molecule has 0 amide bonds. The van der Waals surface area contributed by atoms with Crippen molar-refractivity contribution in [3.8, 4) is 17.0 Å². The molecular weight excluding hydrogens is 322 g/mol. The van der Waals surface area contributed by atoms with E-state index in [1.54, 1.807) is 18.2 Å².